The highest BCUT2D eigenvalue weighted by molar-refractivity contribution is 5.95. The van der Waals surface area contributed by atoms with Crippen molar-refractivity contribution in [3.8, 4) is 11.3 Å². The maximum Gasteiger partial charge on any atom is 0.416 e. The standard InChI is InChI=1S/C30H33F3N4O/c1-2-35(22-26-21-29(34-38-26)28-13-5-9-23-8-3-4-12-27(23)28)14-7-15-36-16-18-37(19-17-36)25-11-6-10-24(20-25)30(31,32)33/h3-6,8-13,20-21H,2,7,14-19,22H2,1H3. The quantitative estimate of drug-likeness (QED) is 0.249. The molecule has 5 rings (SSSR count). The van der Waals surface area contributed by atoms with E-state index >= 15 is 0 Å². The van der Waals surface area contributed by atoms with E-state index in [1.807, 2.05) is 29.2 Å². The largest absolute Gasteiger partial charge is 0.416 e. The van der Waals surface area contributed by atoms with Gasteiger partial charge in [-0.3, -0.25) is 9.80 Å². The van der Waals surface area contributed by atoms with Crippen molar-refractivity contribution in [2.45, 2.75) is 26.1 Å². The van der Waals surface area contributed by atoms with Crippen LogP contribution in [0, 0.1) is 0 Å². The zero-order chi connectivity index (χ0) is 26.5. The number of fused-ring (bicyclic) bond motifs is 1. The Kier molecular flexibility index (Phi) is 8.00. The molecule has 0 aliphatic carbocycles. The van der Waals surface area contributed by atoms with Crippen molar-refractivity contribution in [1.29, 1.82) is 0 Å². The molecule has 0 spiro atoms. The van der Waals surface area contributed by atoms with Gasteiger partial charge in [-0.05, 0) is 55.0 Å². The van der Waals surface area contributed by atoms with Gasteiger partial charge < -0.3 is 9.42 Å². The number of aromatic nitrogens is 1. The maximum atomic E-state index is 13.1. The summed E-state index contributed by atoms with van der Waals surface area (Å²) in [6.07, 6.45) is -3.30. The van der Waals surface area contributed by atoms with E-state index in [9.17, 15) is 13.2 Å². The molecule has 0 amide bonds. The van der Waals surface area contributed by atoms with Crippen LogP contribution in [-0.2, 0) is 12.7 Å². The van der Waals surface area contributed by atoms with Crippen LogP contribution in [0.15, 0.2) is 77.3 Å². The summed E-state index contributed by atoms with van der Waals surface area (Å²) >= 11 is 0. The molecular formula is C30H33F3N4O. The fraction of sp³-hybridized carbons (Fsp3) is 0.367. The molecule has 1 fully saturated rings. The third kappa shape index (κ3) is 6.19. The third-order valence-electron chi connectivity index (χ3n) is 7.31. The summed E-state index contributed by atoms with van der Waals surface area (Å²) in [6, 6.07) is 22.2. The Morgan fingerprint density at radius 2 is 1.68 bits per heavy atom. The fourth-order valence-electron chi connectivity index (χ4n) is 5.16. The zero-order valence-electron chi connectivity index (χ0n) is 21.6. The van der Waals surface area contributed by atoms with E-state index in [1.54, 1.807) is 6.07 Å². The summed E-state index contributed by atoms with van der Waals surface area (Å²) < 4.78 is 44.9. The topological polar surface area (TPSA) is 35.8 Å². The van der Waals surface area contributed by atoms with Crippen molar-refractivity contribution in [3.05, 3.63) is 84.1 Å². The van der Waals surface area contributed by atoms with Gasteiger partial charge in [-0.15, -0.1) is 0 Å². The Hall–Kier alpha value is -3.36. The molecule has 1 saturated heterocycles. The molecule has 5 nitrogen and oxygen atoms in total. The van der Waals surface area contributed by atoms with E-state index in [0.29, 0.717) is 12.2 Å². The summed E-state index contributed by atoms with van der Waals surface area (Å²) in [4.78, 5) is 6.79. The van der Waals surface area contributed by atoms with Crippen LogP contribution < -0.4 is 4.90 Å². The van der Waals surface area contributed by atoms with E-state index in [1.165, 1.54) is 17.5 Å². The molecule has 4 aromatic rings. The van der Waals surface area contributed by atoms with Gasteiger partial charge in [-0.25, -0.2) is 0 Å². The summed E-state index contributed by atoms with van der Waals surface area (Å²) in [7, 11) is 0. The molecule has 1 aliphatic rings. The number of alkyl halides is 3. The monoisotopic (exact) mass is 522 g/mol. The molecule has 0 saturated carbocycles. The molecule has 8 heteroatoms. The average Bonchev–Trinajstić information content (AvgIpc) is 3.40. The van der Waals surface area contributed by atoms with Crippen LogP contribution in [0.3, 0.4) is 0 Å². The number of hydrogen-bond donors (Lipinski definition) is 0. The van der Waals surface area contributed by atoms with E-state index < -0.39 is 11.7 Å². The zero-order valence-corrected chi connectivity index (χ0v) is 21.6. The smallest absolute Gasteiger partial charge is 0.369 e. The highest BCUT2D eigenvalue weighted by atomic mass is 19.4. The number of benzene rings is 3. The predicted octanol–water partition coefficient (Wildman–Crippen LogP) is 6.55. The van der Waals surface area contributed by atoms with Crippen molar-refractivity contribution < 1.29 is 17.7 Å². The molecular weight excluding hydrogens is 489 g/mol. The molecule has 0 unspecified atom stereocenters. The van der Waals surface area contributed by atoms with Gasteiger partial charge in [0.15, 0.2) is 5.76 Å². The Bertz CT molecular complexity index is 1340. The van der Waals surface area contributed by atoms with Gasteiger partial charge in [-0.2, -0.15) is 13.2 Å². The second-order valence-corrected chi connectivity index (χ2v) is 9.80. The van der Waals surface area contributed by atoms with Crippen molar-refractivity contribution in [2.24, 2.45) is 0 Å². The molecule has 1 aliphatic heterocycles. The van der Waals surface area contributed by atoms with Crippen molar-refractivity contribution in [3.63, 3.8) is 0 Å². The normalized spacial score (nSPS) is 15.0. The number of nitrogens with zero attached hydrogens (tertiary/aromatic N) is 4. The van der Waals surface area contributed by atoms with Crippen LogP contribution in [0.25, 0.3) is 22.0 Å². The summed E-state index contributed by atoms with van der Waals surface area (Å²) in [5, 5.41) is 6.69. The maximum absolute atomic E-state index is 13.1. The Morgan fingerprint density at radius 1 is 0.921 bits per heavy atom. The van der Waals surface area contributed by atoms with Crippen LogP contribution >= 0.6 is 0 Å². The van der Waals surface area contributed by atoms with Gasteiger partial charge in [0.1, 0.15) is 5.69 Å². The first kappa shape index (κ1) is 26.3. The van der Waals surface area contributed by atoms with Crippen molar-refractivity contribution >= 4 is 16.5 Å². The number of anilines is 1. The minimum absolute atomic E-state index is 0.590. The minimum Gasteiger partial charge on any atom is -0.369 e. The Labute approximate surface area is 221 Å². The Morgan fingerprint density at radius 3 is 2.47 bits per heavy atom. The van der Waals surface area contributed by atoms with Crippen LogP contribution in [0.5, 0.6) is 0 Å². The predicted molar refractivity (Wildman–Crippen MR) is 145 cm³/mol. The molecule has 0 radical (unpaired) electrons. The summed E-state index contributed by atoms with van der Waals surface area (Å²) in [6.45, 7) is 8.82. The van der Waals surface area contributed by atoms with Crippen LogP contribution in [0.1, 0.15) is 24.7 Å². The van der Waals surface area contributed by atoms with E-state index in [-0.39, 0.29) is 0 Å². The summed E-state index contributed by atoms with van der Waals surface area (Å²) in [5.41, 5.74) is 1.98. The van der Waals surface area contributed by atoms with Gasteiger partial charge in [-0.1, -0.05) is 60.6 Å². The lowest BCUT2D eigenvalue weighted by atomic mass is 10.0. The molecule has 3 aromatic carbocycles. The second kappa shape index (κ2) is 11.6. The van der Waals surface area contributed by atoms with Gasteiger partial charge in [0.05, 0.1) is 12.1 Å². The second-order valence-electron chi connectivity index (χ2n) is 9.80. The number of halogens is 3. The van der Waals surface area contributed by atoms with Crippen molar-refractivity contribution in [2.75, 3.05) is 50.7 Å². The molecule has 38 heavy (non-hydrogen) atoms. The molecule has 200 valence electrons. The fourth-order valence-corrected chi connectivity index (χ4v) is 5.16. The van der Waals surface area contributed by atoms with Crippen molar-refractivity contribution in [1.82, 2.24) is 15.0 Å². The van der Waals surface area contributed by atoms with Gasteiger partial charge >= 0.3 is 6.18 Å². The Balaban J connectivity index is 1.10. The van der Waals surface area contributed by atoms with E-state index in [4.69, 9.17) is 4.52 Å². The number of piperazine rings is 1. The lowest BCUT2D eigenvalue weighted by Crippen LogP contribution is -2.47. The molecule has 2 heterocycles. The van der Waals surface area contributed by atoms with Crippen LogP contribution in [-0.4, -0.2) is 60.8 Å². The van der Waals surface area contributed by atoms with E-state index in [2.05, 4.69) is 46.1 Å². The molecule has 0 atom stereocenters. The molecule has 0 N–H and O–H groups in total. The van der Waals surface area contributed by atoms with Gasteiger partial charge in [0.25, 0.3) is 0 Å². The van der Waals surface area contributed by atoms with E-state index in [0.717, 1.165) is 80.7 Å². The number of rotatable bonds is 9. The summed E-state index contributed by atoms with van der Waals surface area (Å²) in [5.74, 6) is 0.851. The molecule has 1 aromatic heterocycles. The highest BCUT2D eigenvalue weighted by Crippen LogP contribution is 2.32. The minimum atomic E-state index is -4.31. The lowest BCUT2D eigenvalue weighted by Gasteiger charge is -2.36. The first-order chi connectivity index (χ1) is 18.4. The SMILES string of the molecule is CCN(CCCN1CCN(c2cccc(C(F)(F)F)c2)CC1)Cc1cc(-c2cccc3ccccc23)no1. The average molecular weight is 523 g/mol. The van der Waals surface area contributed by atoms with Crippen LogP contribution in [0.4, 0.5) is 18.9 Å². The lowest BCUT2D eigenvalue weighted by molar-refractivity contribution is -0.137. The first-order valence-corrected chi connectivity index (χ1v) is 13.2. The number of hydrogen-bond acceptors (Lipinski definition) is 5. The van der Waals surface area contributed by atoms with Crippen LogP contribution in [0.2, 0.25) is 0 Å². The van der Waals surface area contributed by atoms with Gasteiger partial charge in [0.2, 0.25) is 0 Å². The third-order valence-corrected chi connectivity index (χ3v) is 7.31. The van der Waals surface area contributed by atoms with Gasteiger partial charge in [0, 0.05) is 43.5 Å². The highest BCUT2D eigenvalue weighted by Gasteiger charge is 2.31. The first-order valence-electron chi connectivity index (χ1n) is 13.2. The molecule has 0 bridgehead atoms.